The van der Waals surface area contributed by atoms with Gasteiger partial charge >= 0.3 is 0 Å². The molecule has 0 unspecified atom stereocenters. The third-order valence-electron chi connectivity index (χ3n) is 0. The van der Waals surface area contributed by atoms with Crippen molar-refractivity contribution in [3.8, 4) is 0 Å². The van der Waals surface area contributed by atoms with Crippen LogP contribution in [0.25, 0.3) is 0 Å². The van der Waals surface area contributed by atoms with Crippen molar-refractivity contribution in [2.24, 2.45) is 0 Å². The van der Waals surface area contributed by atoms with E-state index >= 15 is 0 Å². The Morgan fingerprint density at radius 3 is 0.133 bits per heavy atom. The second kappa shape index (κ2) is 715. The maximum absolute atomic E-state index is 0. The summed E-state index contributed by atoms with van der Waals surface area (Å²) in [6, 6.07) is 0. The monoisotopic (exact) mass is 912 g/mol. The molecular formula is O11W4-22. The van der Waals surface area contributed by atoms with Crippen LogP contribution in [0.3, 0.4) is 0 Å². The van der Waals surface area contributed by atoms with Gasteiger partial charge < -0.3 is 60.2 Å². The van der Waals surface area contributed by atoms with E-state index in [1.165, 1.54) is 0 Å². The fourth-order valence-electron chi connectivity index (χ4n) is 0. The Kier molecular flexibility index (Phi) is 41000. The number of hydrogen-bond acceptors (Lipinski definition) is 0. The van der Waals surface area contributed by atoms with Gasteiger partial charge in [-0.05, 0) is 0 Å². The van der Waals surface area contributed by atoms with Gasteiger partial charge in [-0.15, -0.1) is 0 Å². The fraction of sp³-hybridized carbons (Fsp3) is 0. The first-order chi connectivity index (χ1) is 0. The van der Waals surface area contributed by atoms with Gasteiger partial charge in [-0.25, -0.2) is 0 Å². The first kappa shape index (κ1) is 861. The Bertz CT molecular complexity index is 12.5. The van der Waals surface area contributed by atoms with Gasteiger partial charge in [0.15, 0.2) is 0 Å². The van der Waals surface area contributed by atoms with Crippen LogP contribution in [0.5, 0.6) is 0 Å². The normalized spacial score (nSPS) is 0. The molecule has 0 aliphatic carbocycles. The molecule has 0 N–H and O–H groups in total. The summed E-state index contributed by atoms with van der Waals surface area (Å²) in [7, 11) is 0. The van der Waals surface area contributed by atoms with Gasteiger partial charge in [0.25, 0.3) is 0 Å². The molecule has 15 heteroatoms. The smallest absolute Gasteiger partial charge is 0 e. The summed E-state index contributed by atoms with van der Waals surface area (Å²) < 4.78 is 0. The summed E-state index contributed by atoms with van der Waals surface area (Å²) in [5.74, 6) is 0. The average Bonchev–Trinajstić information content (AvgIpc) is 0. The molecule has 112 valence electrons. The molecule has 15 heavy (non-hydrogen) atoms. The molecule has 0 aromatic carbocycles. The fourth-order valence-corrected chi connectivity index (χ4v) is 0. The van der Waals surface area contributed by atoms with Crippen LogP contribution in [0.4, 0.5) is 0 Å². The van der Waals surface area contributed by atoms with E-state index in [4.69, 9.17) is 0 Å². The van der Waals surface area contributed by atoms with E-state index in [-0.39, 0.29) is 144 Å². The second-order valence-corrected chi connectivity index (χ2v) is 0. The summed E-state index contributed by atoms with van der Waals surface area (Å²) in [4.78, 5) is 0. The van der Waals surface area contributed by atoms with E-state index in [1.807, 2.05) is 0 Å². The minimum Gasteiger partial charge on any atom is -2.00 e. The van der Waals surface area contributed by atoms with Crippen LogP contribution in [0.15, 0.2) is 0 Å². The van der Waals surface area contributed by atoms with Gasteiger partial charge in [-0.3, -0.25) is 0 Å². The molecule has 0 radical (unpaired) electrons. The Labute approximate surface area is 143 Å². The second-order valence-electron chi connectivity index (χ2n) is 0. The molecule has 0 saturated carbocycles. The van der Waals surface area contributed by atoms with E-state index in [9.17, 15) is 0 Å². The minimum atomic E-state index is 0. The van der Waals surface area contributed by atoms with Crippen molar-refractivity contribution in [1.29, 1.82) is 0 Å². The topological polar surface area (TPSA) is 314 Å². The van der Waals surface area contributed by atoms with Crippen molar-refractivity contribution in [1.82, 2.24) is 0 Å². The molecule has 0 aliphatic rings. The molecule has 0 heterocycles. The van der Waals surface area contributed by atoms with Crippen molar-refractivity contribution in [3.05, 3.63) is 0 Å². The van der Waals surface area contributed by atoms with E-state index in [0.29, 0.717) is 0 Å². The number of rotatable bonds is 0. The molecule has 0 atom stereocenters. The molecule has 11 nitrogen and oxygen atoms in total. The van der Waals surface area contributed by atoms with E-state index in [0.717, 1.165) is 0 Å². The predicted molar refractivity (Wildman–Crippen MR) is 7.55 cm³/mol. The van der Waals surface area contributed by atoms with Crippen LogP contribution in [-0.4, -0.2) is 0 Å². The summed E-state index contributed by atoms with van der Waals surface area (Å²) in [5, 5.41) is 0. The van der Waals surface area contributed by atoms with Crippen molar-refractivity contribution in [2.75, 3.05) is 0 Å². The zero-order chi connectivity index (χ0) is 0. The van der Waals surface area contributed by atoms with Gasteiger partial charge in [0, 0.05) is 84.3 Å². The van der Waals surface area contributed by atoms with Crippen LogP contribution in [0.1, 0.15) is 0 Å². The zero-order valence-electron chi connectivity index (χ0n) is 6.12. The Balaban J connectivity index is 0. The SMILES string of the molecule is [O-2].[O-2].[O-2].[O-2].[O-2].[O-2].[O-2].[O-2].[O-2].[O-2].[O-2].[W].[W].[W].[W]. The molecule has 0 bridgehead atoms. The van der Waals surface area contributed by atoms with Gasteiger partial charge in [0.1, 0.15) is 0 Å². The molecule has 0 fully saturated rings. The van der Waals surface area contributed by atoms with Gasteiger partial charge in [-0.1, -0.05) is 0 Å². The van der Waals surface area contributed by atoms with Crippen LogP contribution in [0.2, 0.25) is 0 Å². The van der Waals surface area contributed by atoms with Gasteiger partial charge in [0.2, 0.25) is 0 Å². The van der Waals surface area contributed by atoms with E-state index < -0.39 is 0 Å². The predicted octanol–water partition coefficient (Wildman–Crippen LogP) is -1.32. The van der Waals surface area contributed by atoms with Crippen molar-refractivity contribution in [3.63, 3.8) is 0 Å². The molecule has 0 saturated heterocycles. The summed E-state index contributed by atoms with van der Waals surface area (Å²) >= 11 is 0. The number of hydrogen-bond donors (Lipinski definition) is 0. The van der Waals surface area contributed by atoms with Crippen molar-refractivity contribution in [2.45, 2.75) is 0 Å². The van der Waals surface area contributed by atoms with Gasteiger partial charge in [0.05, 0.1) is 0 Å². The van der Waals surface area contributed by atoms with Crippen LogP contribution in [0, 0.1) is 0 Å². The molecule has 0 amide bonds. The van der Waals surface area contributed by atoms with E-state index in [1.54, 1.807) is 0 Å². The Morgan fingerprint density at radius 1 is 0.133 bits per heavy atom. The summed E-state index contributed by atoms with van der Waals surface area (Å²) in [5.41, 5.74) is 0. The van der Waals surface area contributed by atoms with Crippen molar-refractivity contribution >= 4 is 0 Å². The quantitative estimate of drug-likeness (QED) is 0.273. The third kappa shape index (κ3) is 625. The maximum atomic E-state index is 0. The standard InChI is InChI=1S/11O.4W/q11*-2;;;;. The molecule has 0 rings (SSSR count). The minimum absolute atomic E-state index is 0. The Morgan fingerprint density at radius 2 is 0.133 bits per heavy atom. The van der Waals surface area contributed by atoms with Crippen molar-refractivity contribution < 1.29 is 144 Å². The summed E-state index contributed by atoms with van der Waals surface area (Å²) in [6.45, 7) is 0. The zero-order valence-corrected chi connectivity index (χ0v) is 17.9. The van der Waals surface area contributed by atoms with Crippen LogP contribution in [-0.2, 0) is 144 Å². The van der Waals surface area contributed by atoms with E-state index in [2.05, 4.69) is 0 Å². The average molecular weight is 911 g/mol. The largest absolute Gasteiger partial charge is 2.00 e. The molecule has 0 aromatic rings. The summed E-state index contributed by atoms with van der Waals surface area (Å²) in [6.07, 6.45) is 0. The molecule has 0 spiro atoms. The first-order valence-electron chi connectivity index (χ1n) is 0. The molecule has 0 aliphatic heterocycles. The van der Waals surface area contributed by atoms with Crippen LogP contribution < -0.4 is 0 Å². The van der Waals surface area contributed by atoms with Crippen LogP contribution >= 0.6 is 0 Å². The van der Waals surface area contributed by atoms with Gasteiger partial charge in [-0.2, -0.15) is 0 Å². The first-order valence-corrected chi connectivity index (χ1v) is 0. The Hall–Kier alpha value is 2.31. The molecule has 0 aromatic heterocycles. The molecular weight excluding hydrogens is 911 g/mol. The third-order valence-corrected chi connectivity index (χ3v) is 0. The maximum Gasteiger partial charge on any atom is 0 e.